The third kappa shape index (κ3) is 6.58. The summed E-state index contributed by atoms with van der Waals surface area (Å²) in [5.74, 6) is 0.504. The van der Waals surface area contributed by atoms with Gasteiger partial charge in [-0.05, 0) is 79.1 Å². The van der Waals surface area contributed by atoms with Crippen LogP contribution in [0.1, 0.15) is 24.5 Å². The molecule has 48 heavy (non-hydrogen) atoms. The fourth-order valence-corrected chi connectivity index (χ4v) is 7.11. The lowest BCUT2D eigenvalue weighted by atomic mass is 9.97. The van der Waals surface area contributed by atoms with E-state index in [1.165, 1.54) is 24.2 Å². The van der Waals surface area contributed by atoms with Crippen molar-refractivity contribution in [3.8, 4) is 22.8 Å². The maximum Gasteiger partial charge on any atom is 0.330 e. The Hall–Kier alpha value is -5.68. The van der Waals surface area contributed by atoms with E-state index in [9.17, 15) is 18.0 Å². The number of benzene rings is 3. The van der Waals surface area contributed by atoms with E-state index in [2.05, 4.69) is 10.1 Å². The van der Waals surface area contributed by atoms with Crippen molar-refractivity contribution in [2.45, 2.75) is 24.6 Å². The van der Waals surface area contributed by atoms with Crippen molar-refractivity contribution in [3.05, 3.63) is 132 Å². The zero-order valence-electron chi connectivity index (χ0n) is 26.7. The van der Waals surface area contributed by atoms with Crippen LogP contribution < -0.4 is 10.1 Å². The van der Waals surface area contributed by atoms with Crippen LogP contribution in [0, 0.1) is 0 Å². The van der Waals surface area contributed by atoms with Crippen molar-refractivity contribution in [3.63, 3.8) is 0 Å². The van der Waals surface area contributed by atoms with Crippen LogP contribution in [0.4, 0.5) is 0 Å². The van der Waals surface area contributed by atoms with Gasteiger partial charge in [-0.3, -0.25) is 9.48 Å². The highest BCUT2D eigenvalue weighted by molar-refractivity contribution is 7.91. The third-order valence-electron chi connectivity index (χ3n) is 8.22. The normalized spacial score (nSPS) is 16.2. The smallest absolute Gasteiger partial charge is 0.330 e. The lowest BCUT2D eigenvalue weighted by molar-refractivity contribution is -0.134. The SMILES string of the molecule is CNC(=O)C1=CCC(C)(S(=O)(=O)n2ccc3cc(Oc4cccc(-c5ccn(Cc6cccc(/C=C/C(=O)OC)c6)n5)c4)ccc32)C=C1. The van der Waals surface area contributed by atoms with Crippen LogP contribution in [0.25, 0.3) is 28.2 Å². The van der Waals surface area contributed by atoms with E-state index in [0.29, 0.717) is 34.5 Å². The zero-order valence-corrected chi connectivity index (χ0v) is 27.5. The van der Waals surface area contributed by atoms with Gasteiger partial charge >= 0.3 is 5.97 Å². The molecule has 0 radical (unpaired) electrons. The molecule has 1 aliphatic rings. The molecule has 10 nitrogen and oxygen atoms in total. The first-order chi connectivity index (χ1) is 23.1. The van der Waals surface area contributed by atoms with E-state index < -0.39 is 20.7 Å². The van der Waals surface area contributed by atoms with E-state index in [1.54, 1.807) is 61.7 Å². The lowest BCUT2D eigenvalue weighted by Gasteiger charge is -2.28. The van der Waals surface area contributed by atoms with E-state index in [0.717, 1.165) is 22.4 Å². The number of aromatic nitrogens is 3. The highest BCUT2D eigenvalue weighted by atomic mass is 32.2. The van der Waals surface area contributed by atoms with Crippen molar-refractivity contribution in [1.82, 2.24) is 19.1 Å². The van der Waals surface area contributed by atoms with Crippen LogP contribution >= 0.6 is 0 Å². The van der Waals surface area contributed by atoms with Crippen LogP contribution in [-0.4, -0.2) is 53.0 Å². The molecule has 0 aliphatic heterocycles. The lowest BCUT2D eigenvalue weighted by Crippen LogP contribution is -2.38. The summed E-state index contributed by atoms with van der Waals surface area (Å²) in [5.41, 5.74) is 4.54. The average molecular weight is 663 g/mol. The first-order valence-electron chi connectivity index (χ1n) is 15.2. The summed E-state index contributed by atoms with van der Waals surface area (Å²) in [5, 5.41) is 8.02. The Morgan fingerprint density at radius 3 is 2.58 bits per heavy atom. The number of carbonyl (C=O) groups excluding carboxylic acids is 2. The van der Waals surface area contributed by atoms with Gasteiger partial charge in [0, 0.05) is 42.0 Å². The summed E-state index contributed by atoms with van der Waals surface area (Å²) in [4.78, 5) is 23.4. The van der Waals surface area contributed by atoms with Crippen molar-refractivity contribution in [1.29, 1.82) is 0 Å². The molecule has 1 N–H and O–H groups in total. The van der Waals surface area contributed by atoms with Gasteiger partial charge in [0.05, 0.1) is 24.9 Å². The quantitative estimate of drug-likeness (QED) is 0.142. The Morgan fingerprint density at radius 1 is 1.00 bits per heavy atom. The second-order valence-corrected chi connectivity index (χ2v) is 13.8. The molecule has 0 spiro atoms. The van der Waals surface area contributed by atoms with Gasteiger partial charge in [-0.15, -0.1) is 0 Å². The Kier molecular flexibility index (Phi) is 8.88. The maximum atomic E-state index is 13.8. The second-order valence-electron chi connectivity index (χ2n) is 11.6. The molecule has 1 unspecified atom stereocenters. The maximum absolute atomic E-state index is 13.8. The molecule has 1 amide bonds. The topological polar surface area (TPSA) is 122 Å². The number of esters is 1. The average Bonchev–Trinajstić information content (AvgIpc) is 3.75. The largest absolute Gasteiger partial charge is 0.466 e. The molecule has 0 bridgehead atoms. The number of ether oxygens (including phenoxy) is 2. The van der Waals surface area contributed by atoms with Crippen LogP contribution in [0.15, 0.2) is 121 Å². The number of likely N-dealkylation sites (N-methyl/N-ethyl adjacent to an activating group) is 1. The van der Waals surface area contributed by atoms with Gasteiger partial charge in [-0.2, -0.15) is 5.10 Å². The Labute approximate surface area is 278 Å². The minimum atomic E-state index is -3.85. The Bertz CT molecular complexity index is 2230. The molecule has 3 aromatic carbocycles. The van der Waals surface area contributed by atoms with Crippen molar-refractivity contribution in [2.75, 3.05) is 14.2 Å². The molecule has 244 valence electrons. The molecule has 11 heteroatoms. The number of fused-ring (bicyclic) bond motifs is 1. The number of allylic oxidation sites excluding steroid dienone is 1. The van der Waals surface area contributed by atoms with Gasteiger partial charge in [-0.25, -0.2) is 17.2 Å². The molecule has 5 aromatic rings. The summed E-state index contributed by atoms with van der Waals surface area (Å²) < 4.78 is 40.3. The van der Waals surface area contributed by atoms with Crippen LogP contribution in [0.5, 0.6) is 11.5 Å². The molecule has 2 aromatic heterocycles. The molecule has 0 saturated carbocycles. The van der Waals surface area contributed by atoms with Gasteiger partial charge in [0.15, 0.2) is 0 Å². The first kappa shape index (κ1) is 32.3. The summed E-state index contributed by atoms with van der Waals surface area (Å²) in [6, 6.07) is 24.4. The highest BCUT2D eigenvalue weighted by Crippen LogP contribution is 2.35. The molecule has 1 atom stereocenters. The number of rotatable bonds is 10. The summed E-state index contributed by atoms with van der Waals surface area (Å²) in [6.45, 7) is 2.20. The number of nitrogens with zero attached hydrogens (tertiary/aromatic N) is 3. The molecule has 0 fully saturated rings. The summed E-state index contributed by atoms with van der Waals surface area (Å²) in [7, 11) is -0.969. The molecular weight excluding hydrogens is 628 g/mol. The van der Waals surface area contributed by atoms with Crippen LogP contribution in [-0.2, 0) is 30.9 Å². The molecule has 2 heterocycles. The summed E-state index contributed by atoms with van der Waals surface area (Å²) in [6.07, 6.45) is 11.5. The zero-order chi connectivity index (χ0) is 33.9. The van der Waals surface area contributed by atoms with Gasteiger partial charge < -0.3 is 14.8 Å². The number of nitrogens with one attached hydrogen (secondary N) is 1. The van der Waals surface area contributed by atoms with Gasteiger partial charge in [-0.1, -0.05) is 48.6 Å². The molecular formula is C37H34N4O6S. The van der Waals surface area contributed by atoms with E-state index >= 15 is 0 Å². The van der Waals surface area contributed by atoms with Crippen molar-refractivity contribution < 1.29 is 27.5 Å². The Balaban J connectivity index is 1.16. The van der Waals surface area contributed by atoms with Gasteiger partial charge in [0.1, 0.15) is 16.2 Å². The second kappa shape index (κ2) is 13.2. The number of hydrogen-bond donors (Lipinski definition) is 1. The number of amides is 1. The van der Waals surface area contributed by atoms with E-state index in [-0.39, 0.29) is 12.3 Å². The molecule has 0 saturated heterocycles. The molecule has 6 rings (SSSR count). The number of hydrogen-bond acceptors (Lipinski definition) is 7. The van der Waals surface area contributed by atoms with Crippen molar-refractivity contribution >= 4 is 38.9 Å². The van der Waals surface area contributed by atoms with E-state index in [4.69, 9.17) is 9.84 Å². The fraction of sp³-hybridized carbons (Fsp3) is 0.162. The fourth-order valence-electron chi connectivity index (χ4n) is 5.48. The predicted molar refractivity (Wildman–Crippen MR) is 185 cm³/mol. The van der Waals surface area contributed by atoms with Crippen LogP contribution in [0.3, 0.4) is 0 Å². The van der Waals surface area contributed by atoms with Crippen LogP contribution in [0.2, 0.25) is 0 Å². The number of methoxy groups -OCH3 is 1. The minimum Gasteiger partial charge on any atom is -0.466 e. The molecule has 1 aliphatic carbocycles. The Morgan fingerprint density at radius 2 is 1.81 bits per heavy atom. The highest BCUT2D eigenvalue weighted by Gasteiger charge is 2.39. The standard InChI is InChI=1S/C37H34N4O6S/c1-37(18-14-28(15-19-37)36(43)38-2)48(44,45)41-21-16-30-24-32(11-12-34(30)41)47-31-9-5-8-29(23-31)33-17-20-40(39-33)25-27-7-4-6-26(22-27)10-13-35(42)46-3/h4-18,20-24H,19,25H2,1-3H3,(H,38,43)/b13-10+. The van der Waals surface area contributed by atoms with Gasteiger partial charge in [0.2, 0.25) is 10.0 Å². The summed E-state index contributed by atoms with van der Waals surface area (Å²) >= 11 is 0. The third-order valence-corrected chi connectivity index (χ3v) is 10.5. The van der Waals surface area contributed by atoms with Crippen molar-refractivity contribution in [2.24, 2.45) is 0 Å². The first-order valence-corrected chi connectivity index (χ1v) is 16.7. The van der Waals surface area contributed by atoms with Gasteiger partial charge in [0.25, 0.3) is 5.91 Å². The number of carbonyl (C=O) groups is 2. The minimum absolute atomic E-state index is 0.174. The van der Waals surface area contributed by atoms with E-state index in [1.807, 2.05) is 65.5 Å². The predicted octanol–water partition coefficient (Wildman–Crippen LogP) is 6.10. The monoisotopic (exact) mass is 662 g/mol.